The van der Waals surface area contributed by atoms with Crippen molar-refractivity contribution in [3.63, 3.8) is 0 Å². The lowest BCUT2D eigenvalue weighted by Crippen LogP contribution is -2.39. The number of benzene rings is 1. The lowest BCUT2D eigenvalue weighted by atomic mass is 10.1. The maximum absolute atomic E-state index is 11.6. The van der Waals surface area contributed by atoms with E-state index in [1.165, 1.54) is 0 Å². The van der Waals surface area contributed by atoms with Gasteiger partial charge in [0.2, 0.25) is 5.91 Å². The number of rotatable bonds is 12. The Morgan fingerprint density at radius 3 is 2.67 bits per heavy atom. The van der Waals surface area contributed by atoms with E-state index < -0.39 is 0 Å². The molecule has 0 aliphatic rings. The maximum atomic E-state index is 11.6. The van der Waals surface area contributed by atoms with Gasteiger partial charge in [-0.3, -0.25) is 9.79 Å². The molecule has 0 fully saturated rings. The Labute approximate surface area is 162 Å². The van der Waals surface area contributed by atoms with E-state index in [4.69, 9.17) is 9.47 Å². The van der Waals surface area contributed by atoms with Gasteiger partial charge in [0.15, 0.2) is 5.96 Å². The second kappa shape index (κ2) is 13.9. The molecule has 0 aliphatic heterocycles. The number of carbonyl (C=O) groups excluding carboxylic acids is 1. The fourth-order valence-corrected chi connectivity index (χ4v) is 2.37. The minimum absolute atomic E-state index is 0.0464. The molecule has 0 bridgehead atoms. The summed E-state index contributed by atoms with van der Waals surface area (Å²) in [6.45, 7) is 7.21. The summed E-state index contributed by atoms with van der Waals surface area (Å²) in [4.78, 5) is 15.8. The molecule has 0 atom stereocenters. The number of aryl methyl sites for hydroxylation is 1. The molecule has 3 N–H and O–H groups in total. The molecule has 0 aliphatic carbocycles. The third kappa shape index (κ3) is 9.84. The largest absolute Gasteiger partial charge is 0.493 e. The summed E-state index contributed by atoms with van der Waals surface area (Å²) in [5.41, 5.74) is 2.21. The van der Waals surface area contributed by atoms with E-state index in [0.29, 0.717) is 45.2 Å². The molecule has 7 nitrogen and oxygen atoms in total. The predicted molar refractivity (Wildman–Crippen MR) is 109 cm³/mol. The molecule has 152 valence electrons. The van der Waals surface area contributed by atoms with Crippen molar-refractivity contribution in [3.05, 3.63) is 29.3 Å². The first-order valence-electron chi connectivity index (χ1n) is 9.53. The first kappa shape index (κ1) is 22.8. The van der Waals surface area contributed by atoms with E-state index in [1.54, 1.807) is 14.2 Å². The number of nitrogens with zero attached hydrogens (tertiary/aromatic N) is 1. The Hall–Kier alpha value is -2.28. The van der Waals surface area contributed by atoms with E-state index in [0.717, 1.165) is 29.7 Å². The van der Waals surface area contributed by atoms with Crippen LogP contribution in [-0.2, 0) is 16.1 Å². The Bertz CT molecular complexity index is 591. The molecule has 1 rings (SSSR count). The van der Waals surface area contributed by atoms with Crippen LogP contribution in [0, 0.1) is 6.92 Å². The zero-order valence-electron chi connectivity index (χ0n) is 17.1. The number of nitrogens with one attached hydrogen (secondary N) is 3. The van der Waals surface area contributed by atoms with Crippen molar-refractivity contribution in [2.45, 2.75) is 39.7 Å². The molecule has 0 heterocycles. The van der Waals surface area contributed by atoms with Gasteiger partial charge in [-0.15, -0.1) is 0 Å². The van der Waals surface area contributed by atoms with Gasteiger partial charge in [-0.25, -0.2) is 0 Å². The Morgan fingerprint density at radius 2 is 1.96 bits per heavy atom. The number of amides is 1. The summed E-state index contributed by atoms with van der Waals surface area (Å²) in [7, 11) is 3.40. The summed E-state index contributed by atoms with van der Waals surface area (Å²) < 4.78 is 11.0. The molecule has 1 amide bonds. The van der Waals surface area contributed by atoms with Gasteiger partial charge in [0.25, 0.3) is 0 Å². The molecule has 0 aromatic heterocycles. The van der Waals surface area contributed by atoms with Crippen LogP contribution < -0.4 is 20.7 Å². The van der Waals surface area contributed by atoms with Gasteiger partial charge in [-0.2, -0.15) is 0 Å². The van der Waals surface area contributed by atoms with Crippen molar-refractivity contribution in [1.29, 1.82) is 0 Å². The number of carbonyl (C=O) groups is 1. The van der Waals surface area contributed by atoms with Crippen LogP contribution in [0.2, 0.25) is 0 Å². The number of ether oxygens (including phenoxy) is 2. The average molecular weight is 379 g/mol. The van der Waals surface area contributed by atoms with Gasteiger partial charge in [0.1, 0.15) is 5.75 Å². The number of aliphatic imine (C=N–C) groups is 1. The van der Waals surface area contributed by atoms with Crippen molar-refractivity contribution in [2.75, 3.05) is 40.5 Å². The second-order valence-electron chi connectivity index (χ2n) is 6.26. The molecule has 0 radical (unpaired) electrons. The second-order valence-corrected chi connectivity index (χ2v) is 6.26. The summed E-state index contributed by atoms with van der Waals surface area (Å²) in [6, 6.07) is 6.16. The van der Waals surface area contributed by atoms with E-state index >= 15 is 0 Å². The Kier molecular flexibility index (Phi) is 11.7. The highest BCUT2D eigenvalue weighted by atomic mass is 16.5. The predicted octanol–water partition coefficient (Wildman–Crippen LogP) is 1.99. The quantitative estimate of drug-likeness (QED) is 0.294. The highest BCUT2D eigenvalue weighted by Gasteiger charge is 2.07. The molecule has 7 heteroatoms. The van der Waals surface area contributed by atoms with Crippen LogP contribution >= 0.6 is 0 Å². The van der Waals surface area contributed by atoms with Crippen LogP contribution in [0.25, 0.3) is 0 Å². The summed E-state index contributed by atoms with van der Waals surface area (Å²) in [5.74, 6) is 1.57. The topological polar surface area (TPSA) is 84.0 Å². The van der Waals surface area contributed by atoms with Crippen molar-refractivity contribution in [1.82, 2.24) is 16.0 Å². The third-order valence-corrected chi connectivity index (χ3v) is 3.86. The van der Waals surface area contributed by atoms with E-state index in [-0.39, 0.29) is 5.91 Å². The number of methoxy groups -OCH3 is 1. The molecule has 0 unspecified atom stereocenters. The van der Waals surface area contributed by atoms with Crippen LogP contribution in [0.5, 0.6) is 5.75 Å². The first-order valence-corrected chi connectivity index (χ1v) is 9.53. The van der Waals surface area contributed by atoms with Crippen molar-refractivity contribution >= 4 is 11.9 Å². The van der Waals surface area contributed by atoms with Gasteiger partial charge in [0, 0.05) is 58.8 Å². The smallest absolute Gasteiger partial charge is 0.221 e. The van der Waals surface area contributed by atoms with E-state index in [9.17, 15) is 4.79 Å². The van der Waals surface area contributed by atoms with Crippen LogP contribution in [0.1, 0.15) is 37.3 Å². The van der Waals surface area contributed by atoms with Crippen LogP contribution in [0.3, 0.4) is 0 Å². The highest BCUT2D eigenvalue weighted by molar-refractivity contribution is 5.81. The van der Waals surface area contributed by atoms with Crippen LogP contribution in [0.4, 0.5) is 0 Å². The standard InChI is InChI=1S/C20H34N4O3/c1-5-10-22-19(25)9-11-23-20(21-3)24-15-17-8-7-16(2)14-18(17)27-13-6-12-26-4/h7-8,14H,5-6,9-13,15H2,1-4H3,(H,22,25)(H2,21,23,24). The molecule has 1 aromatic rings. The van der Waals surface area contributed by atoms with Gasteiger partial charge in [-0.05, 0) is 25.0 Å². The lowest BCUT2D eigenvalue weighted by Gasteiger charge is -2.15. The summed E-state index contributed by atoms with van der Waals surface area (Å²) >= 11 is 0. The molecule has 0 spiro atoms. The number of hydrogen-bond acceptors (Lipinski definition) is 4. The highest BCUT2D eigenvalue weighted by Crippen LogP contribution is 2.20. The van der Waals surface area contributed by atoms with E-state index in [1.807, 2.05) is 19.9 Å². The SMILES string of the molecule is CCCNC(=O)CCNC(=NC)NCc1ccc(C)cc1OCCCOC. The lowest BCUT2D eigenvalue weighted by molar-refractivity contribution is -0.120. The van der Waals surface area contributed by atoms with Crippen LogP contribution in [-0.4, -0.2) is 52.3 Å². The normalized spacial score (nSPS) is 11.2. The number of hydrogen-bond donors (Lipinski definition) is 3. The van der Waals surface area contributed by atoms with Crippen molar-refractivity contribution in [2.24, 2.45) is 4.99 Å². The summed E-state index contributed by atoms with van der Waals surface area (Å²) in [6.07, 6.45) is 2.20. The average Bonchev–Trinajstić information content (AvgIpc) is 2.67. The van der Waals surface area contributed by atoms with E-state index in [2.05, 4.69) is 33.1 Å². The maximum Gasteiger partial charge on any atom is 0.221 e. The minimum Gasteiger partial charge on any atom is -0.493 e. The van der Waals surface area contributed by atoms with Gasteiger partial charge >= 0.3 is 0 Å². The minimum atomic E-state index is 0.0464. The Morgan fingerprint density at radius 1 is 1.15 bits per heavy atom. The molecular formula is C20H34N4O3. The molecular weight excluding hydrogens is 344 g/mol. The monoisotopic (exact) mass is 378 g/mol. The number of guanidine groups is 1. The fourth-order valence-electron chi connectivity index (χ4n) is 2.37. The zero-order chi connectivity index (χ0) is 19.9. The zero-order valence-corrected chi connectivity index (χ0v) is 17.1. The fraction of sp³-hybridized carbons (Fsp3) is 0.600. The molecule has 0 saturated heterocycles. The first-order chi connectivity index (χ1) is 13.1. The molecule has 1 aromatic carbocycles. The van der Waals surface area contributed by atoms with Gasteiger partial charge < -0.3 is 25.4 Å². The third-order valence-electron chi connectivity index (χ3n) is 3.86. The molecule has 0 saturated carbocycles. The summed E-state index contributed by atoms with van der Waals surface area (Å²) in [5, 5.41) is 9.28. The van der Waals surface area contributed by atoms with Crippen molar-refractivity contribution < 1.29 is 14.3 Å². The van der Waals surface area contributed by atoms with Crippen molar-refractivity contribution in [3.8, 4) is 5.75 Å². The van der Waals surface area contributed by atoms with Gasteiger partial charge in [-0.1, -0.05) is 19.1 Å². The van der Waals surface area contributed by atoms with Crippen LogP contribution in [0.15, 0.2) is 23.2 Å². The molecule has 27 heavy (non-hydrogen) atoms. The Balaban J connectivity index is 2.48. The van der Waals surface area contributed by atoms with Gasteiger partial charge in [0.05, 0.1) is 6.61 Å².